The van der Waals surface area contributed by atoms with Crippen molar-refractivity contribution in [2.24, 2.45) is 0 Å². The number of hydrogen-bond acceptors (Lipinski definition) is 2. The maximum Gasteiger partial charge on any atom is 0.130 e. The second-order valence-electron chi connectivity index (χ2n) is 5.20. The van der Waals surface area contributed by atoms with Crippen LogP contribution >= 0.6 is 15.9 Å². The summed E-state index contributed by atoms with van der Waals surface area (Å²) in [5.74, 6) is 0.950. The molecule has 1 heterocycles. The number of aromatic nitrogens is 1. The highest BCUT2D eigenvalue weighted by Crippen LogP contribution is 2.28. The van der Waals surface area contributed by atoms with E-state index >= 15 is 0 Å². The van der Waals surface area contributed by atoms with Gasteiger partial charge in [0.15, 0.2) is 0 Å². The third-order valence-electron chi connectivity index (χ3n) is 3.70. The number of hydrogen-bond donors (Lipinski definition) is 1. The molecule has 98 valence electrons. The van der Waals surface area contributed by atoms with Crippen LogP contribution in [0.3, 0.4) is 0 Å². The molecule has 3 rings (SSSR count). The monoisotopic (exact) mass is 316 g/mol. The molecule has 2 aromatic rings. The van der Waals surface area contributed by atoms with Gasteiger partial charge >= 0.3 is 0 Å². The molecule has 1 aromatic carbocycles. The summed E-state index contributed by atoms with van der Waals surface area (Å²) >= 11 is 3.56. The third-order valence-corrected chi connectivity index (χ3v) is 4.55. The van der Waals surface area contributed by atoms with Crippen molar-refractivity contribution in [3.63, 3.8) is 0 Å². The molecule has 1 aliphatic carbocycles. The van der Waals surface area contributed by atoms with Gasteiger partial charge in [0.05, 0.1) is 0 Å². The van der Waals surface area contributed by atoms with Crippen molar-refractivity contribution < 1.29 is 0 Å². The van der Waals surface area contributed by atoms with Gasteiger partial charge in [-0.2, -0.15) is 0 Å². The summed E-state index contributed by atoms with van der Waals surface area (Å²) in [5, 5.41) is 3.44. The number of pyridine rings is 1. The highest BCUT2D eigenvalue weighted by atomic mass is 79.9. The number of fused-ring (bicyclic) bond motifs is 1. The van der Waals surface area contributed by atoms with Gasteiger partial charge in [-0.1, -0.05) is 22.0 Å². The van der Waals surface area contributed by atoms with Gasteiger partial charge in [0, 0.05) is 15.9 Å². The van der Waals surface area contributed by atoms with Gasteiger partial charge in [-0.15, -0.1) is 0 Å². The smallest absolute Gasteiger partial charge is 0.130 e. The fraction of sp³-hybridized carbons (Fsp3) is 0.312. The summed E-state index contributed by atoms with van der Waals surface area (Å²) in [7, 11) is 0. The van der Waals surface area contributed by atoms with E-state index in [0.29, 0.717) is 0 Å². The van der Waals surface area contributed by atoms with Crippen LogP contribution in [-0.2, 0) is 12.8 Å². The molecule has 0 aliphatic heterocycles. The lowest BCUT2D eigenvalue weighted by molar-refractivity contribution is 0.900. The molecular weight excluding hydrogens is 300 g/mol. The molecule has 1 N–H and O–H groups in total. The molecule has 0 saturated carbocycles. The first-order valence-electron chi connectivity index (χ1n) is 6.66. The summed E-state index contributed by atoms with van der Waals surface area (Å²) in [4.78, 5) is 4.72. The van der Waals surface area contributed by atoms with Crippen molar-refractivity contribution in [3.8, 4) is 0 Å². The number of anilines is 2. The van der Waals surface area contributed by atoms with Gasteiger partial charge in [-0.25, -0.2) is 4.98 Å². The zero-order chi connectivity index (χ0) is 13.4. The summed E-state index contributed by atoms with van der Waals surface area (Å²) in [6, 6.07) is 8.60. The SMILES string of the molecule is Cc1cc(Nc2ccc3c(n2)CCC3)c(C)cc1Br. The lowest BCUT2D eigenvalue weighted by Gasteiger charge is -2.12. The first-order chi connectivity index (χ1) is 9.13. The second-order valence-corrected chi connectivity index (χ2v) is 6.05. The largest absolute Gasteiger partial charge is 0.340 e. The molecule has 19 heavy (non-hydrogen) atoms. The van der Waals surface area contributed by atoms with Crippen molar-refractivity contribution in [2.75, 3.05) is 5.32 Å². The number of aryl methyl sites for hydroxylation is 4. The van der Waals surface area contributed by atoms with Crippen molar-refractivity contribution in [1.29, 1.82) is 0 Å². The van der Waals surface area contributed by atoms with Crippen molar-refractivity contribution >= 4 is 27.4 Å². The van der Waals surface area contributed by atoms with Crippen LogP contribution in [0, 0.1) is 13.8 Å². The molecule has 0 atom stereocenters. The average molecular weight is 317 g/mol. The Hall–Kier alpha value is -1.35. The van der Waals surface area contributed by atoms with E-state index in [0.717, 1.165) is 22.4 Å². The fourth-order valence-electron chi connectivity index (χ4n) is 2.54. The highest BCUT2D eigenvalue weighted by Gasteiger charge is 2.12. The van der Waals surface area contributed by atoms with Crippen molar-refractivity contribution in [3.05, 3.63) is 51.1 Å². The average Bonchev–Trinajstić information content (AvgIpc) is 2.83. The minimum Gasteiger partial charge on any atom is -0.340 e. The lowest BCUT2D eigenvalue weighted by Crippen LogP contribution is -1.99. The maximum absolute atomic E-state index is 4.72. The minimum atomic E-state index is 0.950. The van der Waals surface area contributed by atoms with Gasteiger partial charge in [0.25, 0.3) is 0 Å². The predicted molar refractivity (Wildman–Crippen MR) is 83.2 cm³/mol. The van der Waals surface area contributed by atoms with Crippen molar-refractivity contribution in [2.45, 2.75) is 33.1 Å². The molecular formula is C16H17BrN2. The molecule has 1 aromatic heterocycles. The topological polar surface area (TPSA) is 24.9 Å². The highest BCUT2D eigenvalue weighted by molar-refractivity contribution is 9.10. The van der Waals surface area contributed by atoms with E-state index in [1.807, 2.05) is 0 Å². The van der Waals surface area contributed by atoms with Gasteiger partial charge in [-0.05, 0) is 68.0 Å². The molecule has 3 heteroatoms. The molecule has 0 unspecified atom stereocenters. The normalized spacial score (nSPS) is 13.4. The minimum absolute atomic E-state index is 0.950. The van der Waals surface area contributed by atoms with Crippen LogP contribution in [0.4, 0.5) is 11.5 Å². The Morgan fingerprint density at radius 3 is 2.79 bits per heavy atom. The number of rotatable bonds is 2. The Labute approximate surface area is 122 Å². The fourth-order valence-corrected chi connectivity index (χ4v) is 3.00. The van der Waals surface area contributed by atoms with Gasteiger partial charge in [-0.3, -0.25) is 0 Å². The Bertz CT molecular complexity index is 635. The number of halogens is 1. The third kappa shape index (κ3) is 2.52. The summed E-state index contributed by atoms with van der Waals surface area (Å²) < 4.78 is 1.15. The summed E-state index contributed by atoms with van der Waals surface area (Å²) in [6.07, 6.45) is 3.53. The first-order valence-corrected chi connectivity index (χ1v) is 7.45. The molecule has 0 fully saturated rings. The number of nitrogens with zero attached hydrogens (tertiary/aromatic N) is 1. The lowest BCUT2D eigenvalue weighted by atomic mass is 10.1. The van der Waals surface area contributed by atoms with Crippen LogP contribution in [0.25, 0.3) is 0 Å². The predicted octanol–water partition coefficient (Wildman–Crippen LogP) is 4.69. The molecule has 0 bridgehead atoms. The van der Waals surface area contributed by atoms with Gasteiger partial charge in [0.1, 0.15) is 5.82 Å². The Morgan fingerprint density at radius 1 is 1.11 bits per heavy atom. The van der Waals surface area contributed by atoms with Crippen LogP contribution < -0.4 is 5.32 Å². The van der Waals surface area contributed by atoms with Crippen LogP contribution in [0.2, 0.25) is 0 Å². The van der Waals surface area contributed by atoms with Gasteiger partial charge < -0.3 is 5.32 Å². The number of nitrogens with one attached hydrogen (secondary N) is 1. The van der Waals surface area contributed by atoms with Crippen LogP contribution in [0.5, 0.6) is 0 Å². The zero-order valence-corrected chi connectivity index (χ0v) is 12.8. The van der Waals surface area contributed by atoms with E-state index in [1.165, 1.54) is 35.2 Å². The maximum atomic E-state index is 4.72. The van der Waals surface area contributed by atoms with Gasteiger partial charge in [0.2, 0.25) is 0 Å². The van der Waals surface area contributed by atoms with Crippen LogP contribution in [0.1, 0.15) is 28.8 Å². The Morgan fingerprint density at radius 2 is 1.95 bits per heavy atom. The Kier molecular flexibility index (Phi) is 3.31. The van der Waals surface area contributed by atoms with E-state index in [1.54, 1.807) is 0 Å². The summed E-state index contributed by atoms with van der Waals surface area (Å²) in [6.45, 7) is 4.21. The number of benzene rings is 1. The standard InChI is InChI=1S/C16H17BrN2/c1-10-9-15(11(2)8-13(10)17)19-16-7-6-12-4-3-5-14(12)18-16/h6-9H,3-5H2,1-2H3,(H,18,19). The molecule has 0 radical (unpaired) electrons. The van der Waals surface area contributed by atoms with E-state index in [4.69, 9.17) is 4.98 Å². The summed E-state index contributed by atoms with van der Waals surface area (Å²) in [5.41, 5.74) is 6.26. The van der Waals surface area contributed by atoms with E-state index in [-0.39, 0.29) is 0 Å². The second kappa shape index (κ2) is 4.97. The van der Waals surface area contributed by atoms with E-state index in [9.17, 15) is 0 Å². The quantitative estimate of drug-likeness (QED) is 0.869. The van der Waals surface area contributed by atoms with E-state index < -0.39 is 0 Å². The van der Waals surface area contributed by atoms with Crippen LogP contribution in [-0.4, -0.2) is 4.98 Å². The Balaban J connectivity index is 1.91. The molecule has 0 saturated heterocycles. The molecule has 2 nitrogen and oxygen atoms in total. The first kappa shape index (κ1) is 12.7. The molecule has 0 amide bonds. The van der Waals surface area contributed by atoms with E-state index in [2.05, 4.69) is 59.4 Å². The molecule has 1 aliphatic rings. The van der Waals surface area contributed by atoms with Crippen molar-refractivity contribution in [1.82, 2.24) is 4.98 Å². The molecule has 0 spiro atoms. The zero-order valence-electron chi connectivity index (χ0n) is 11.3. The van der Waals surface area contributed by atoms with Crippen LogP contribution in [0.15, 0.2) is 28.7 Å².